The van der Waals surface area contributed by atoms with Gasteiger partial charge in [-0.25, -0.2) is 4.79 Å². The van der Waals surface area contributed by atoms with Gasteiger partial charge in [0.15, 0.2) is 0 Å². The molecule has 0 radical (unpaired) electrons. The van der Waals surface area contributed by atoms with Crippen molar-refractivity contribution in [2.75, 3.05) is 13.1 Å². The van der Waals surface area contributed by atoms with Crippen LogP contribution in [0.3, 0.4) is 0 Å². The number of nitrogens with two attached hydrogens (primary N) is 1. The van der Waals surface area contributed by atoms with Crippen LogP contribution in [0.1, 0.15) is 80.1 Å². The third-order valence-corrected chi connectivity index (χ3v) is 8.24. The number of carbonyl (C=O) groups is 2. The summed E-state index contributed by atoms with van der Waals surface area (Å²) in [5.74, 6) is 0.911. The van der Waals surface area contributed by atoms with Crippen LogP contribution >= 0.6 is 0 Å². The molecular weight excluding hydrogens is 419 g/mol. The van der Waals surface area contributed by atoms with Crippen LogP contribution in [-0.4, -0.2) is 55.8 Å². The van der Waals surface area contributed by atoms with E-state index in [0.717, 1.165) is 32.1 Å². The molecule has 5 N–H and O–H groups in total. The van der Waals surface area contributed by atoms with Crippen LogP contribution in [0.15, 0.2) is 0 Å². The van der Waals surface area contributed by atoms with Gasteiger partial charge in [0.25, 0.3) is 0 Å². The molecule has 3 aliphatic carbocycles. The monoisotopic (exact) mass is 464 g/mol. The maximum Gasteiger partial charge on any atom is 0.481 e. The smallest absolute Gasteiger partial charge is 0.404 e. The van der Waals surface area contributed by atoms with Crippen LogP contribution in [0, 0.1) is 23.2 Å². The van der Waals surface area contributed by atoms with Crippen molar-refractivity contribution in [3.8, 4) is 0 Å². The second-order valence-electron chi connectivity index (χ2n) is 11.5. The molecule has 0 aromatic rings. The molecule has 8 nitrogen and oxygen atoms in total. The normalized spacial score (nSPS) is 31.4. The molecule has 0 aromatic carbocycles. The Bertz CT molecular complexity index is 706. The summed E-state index contributed by atoms with van der Waals surface area (Å²) < 4.78 is 13.0. The second kappa shape index (κ2) is 10.5. The zero-order valence-corrected chi connectivity index (χ0v) is 21.4. The fourth-order valence-electron chi connectivity index (χ4n) is 6.04. The van der Waals surface area contributed by atoms with E-state index in [-0.39, 0.29) is 41.5 Å². The van der Waals surface area contributed by atoms with Crippen LogP contribution in [0.5, 0.6) is 0 Å². The Hall–Kier alpha value is -1.32. The fourth-order valence-corrected chi connectivity index (χ4v) is 6.04. The Kier molecular flexibility index (Phi) is 8.39. The summed E-state index contributed by atoms with van der Waals surface area (Å²) in [5, 5.41) is 8.55. The lowest BCUT2D eigenvalue weighted by atomic mass is 9.43. The minimum Gasteiger partial charge on any atom is -0.404 e. The number of hydrogen-bond donors (Lipinski definition) is 4. The first-order valence-corrected chi connectivity index (χ1v) is 12.9. The topological polar surface area (TPSA) is 115 Å². The lowest BCUT2D eigenvalue weighted by molar-refractivity contribution is -0.199. The first kappa shape index (κ1) is 26.3. The van der Waals surface area contributed by atoms with E-state index in [1.54, 1.807) is 0 Å². The molecule has 188 valence electrons. The largest absolute Gasteiger partial charge is 0.481 e. The average molecular weight is 464 g/mol. The summed E-state index contributed by atoms with van der Waals surface area (Å²) in [5.41, 5.74) is 6.04. The van der Waals surface area contributed by atoms with Gasteiger partial charge in [0, 0.05) is 13.1 Å². The van der Waals surface area contributed by atoms with Gasteiger partial charge in [-0.1, -0.05) is 47.5 Å². The van der Waals surface area contributed by atoms with Gasteiger partial charge in [0.05, 0.1) is 17.6 Å². The van der Waals surface area contributed by atoms with Crippen molar-refractivity contribution in [2.45, 2.75) is 104 Å². The van der Waals surface area contributed by atoms with E-state index < -0.39 is 13.2 Å². The highest BCUT2D eigenvalue weighted by Crippen LogP contribution is 2.65. The van der Waals surface area contributed by atoms with Crippen LogP contribution in [-0.2, 0) is 14.1 Å². The van der Waals surface area contributed by atoms with E-state index in [1.165, 1.54) is 6.42 Å². The van der Waals surface area contributed by atoms with Crippen LogP contribution < -0.4 is 21.7 Å². The number of unbranched alkanes of at least 4 members (excludes halogenated alkanes) is 2. The molecule has 3 amide bonds. The van der Waals surface area contributed by atoms with Gasteiger partial charge in [-0.15, -0.1) is 0 Å². The summed E-state index contributed by atoms with van der Waals surface area (Å²) in [7, 11) is -0.483. The number of rotatable bonds is 11. The van der Waals surface area contributed by atoms with Gasteiger partial charge in [0.1, 0.15) is 6.04 Å². The SMILES string of the molecule is CCCCCNC(=O)NC[C@H](N)C(=O)N[C@@H](CC(C)C)B1O[C@@H]2C[C@H]3C[C@H](C3(C)C)[C@]2(C)O1. The first-order chi connectivity index (χ1) is 15.5. The summed E-state index contributed by atoms with van der Waals surface area (Å²) in [4.78, 5) is 24.8. The maximum absolute atomic E-state index is 12.9. The highest BCUT2D eigenvalue weighted by molar-refractivity contribution is 6.47. The molecule has 1 heterocycles. The van der Waals surface area contributed by atoms with Crippen molar-refractivity contribution in [1.29, 1.82) is 0 Å². The molecule has 33 heavy (non-hydrogen) atoms. The van der Waals surface area contributed by atoms with Crippen molar-refractivity contribution in [1.82, 2.24) is 16.0 Å². The zero-order valence-electron chi connectivity index (χ0n) is 21.4. The molecule has 0 spiro atoms. The molecular formula is C24H45BN4O4. The number of carbonyl (C=O) groups excluding carboxylic acids is 2. The van der Waals surface area contributed by atoms with E-state index in [1.807, 2.05) is 0 Å². The van der Waals surface area contributed by atoms with Crippen molar-refractivity contribution in [3.63, 3.8) is 0 Å². The third-order valence-electron chi connectivity index (χ3n) is 8.24. The minimum atomic E-state index is -0.841. The van der Waals surface area contributed by atoms with Crippen molar-refractivity contribution in [2.24, 2.45) is 28.9 Å². The van der Waals surface area contributed by atoms with Crippen molar-refractivity contribution in [3.05, 3.63) is 0 Å². The molecule has 4 fully saturated rings. The highest BCUT2D eigenvalue weighted by Gasteiger charge is 2.68. The summed E-state index contributed by atoms with van der Waals surface area (Å²) in [6, 6.07) is -1.14. The second-order valence-corrected chi connectivity index (χ2v) is 11.5. The fraction of sp³-hybridized carbons (Fsp3) is 0.917. The van der Waals surface area contributed by atoms with Gasteiger partial charge < -0.3 is 31.0 Å². The Balaban J connectivity index is 1.53. The molecule has 1 saturated heterocycles. The van der Waals surface area contributed by atoms with Gasteiger partial charge >= 0.3 is 13.1 Å². The Morgan fingerprint density at radius 2 is 1.88 bits per heavy atom. The number of urea groups is 1. The van der Waals surface area contributed by atoms with Gasteiger partial charge in [-0.3, -0.25) is 4.79 Å². The van der Waals surface area contributed by atoms with Crippen molar-refractivity contribution < 1.29 is 18.9 Å². The van der Waals surface area contributed by atoms with Crippen LogP contribution in [0.25, 0.3) is 0 Å². The Labute approximate surface area is 200 Å². The molecule has 3 saturated carbocycles. The summed E-state index contributed by atoms with van der Waals surface area (Å²) in [6.07, 6.45) is 6.10. The number of nitrogens with one attached hydrogen (secondary N) is 3. The third kappa shape index (κ3) is 5.68. The number of hydrogen-bond acceptors (Lipinski definition) is 5. The zero-order chi connectivity index (χ0) is 24.4. The van der Waals surface area contributed by atoms with Crippen molar-refractivity contribution >= 4 is 19.1 Å². The molecule has 2 bridgehead atoms. The van der Waals surface area contributed by atoms with E-state index in [9.17, 15) is 9.59 Å². The molecule has 6 atom stereocenters. The molecule has 9 heteroatoms. The minimum absolute atomic E-state index is 0.0672. The highest BCUT2D eigenvalue weighted by atomic mass is 16.7. The van der Waals surface area contributed by atoms with E-state index in [0.29, 0.717) is 24.3 Å². The van der Waals surface area contributed by atoms with E-state index >= 15 is 0 Å². The van der Waals surface area contributed by atoms with Crippen LogP contribution in [0.2, 0.25) is 0 Å². The Morgan fingerprint density at radius 1 is 1.15 bits per heavy atom. The van der Waals surface area contributed by atoms with E-state index in [4.69, 9.17) is 15.0 Å². The lowest BCUT2D eigenvalue weighted by Crippen LogP contribution is -2.65. The van der Waals surface area contributed by atoms with Gasteiger partial charge in [-0.2, -0.15) is 0 Å². The molecule has 4 rings (SSSR count). The van der Waals surface area contributed by atoms with E-state index in [2.05, 4.69) is 57.5 Å². The summed E-state index contributed by atoms with van der Waals surface area (Å²) >= 11 is 0. The lowest BCUT2D eigenvalue weighted by Gasteiger charge is -2.64. The number of amides is 3. The maximum atomic E-state index is 12.9. The van der Waals surface area contributed by atoms with Gasteiger partial charge in [0.2, 0.25) is 5.91 Å². The first-order valence-electron chi connectivity index (χ1n) is 12.9. The molecule has 0 aromatic heterocycles. The van der Waals surface area contributed by atoms with Crippen LogP contribution in [0.4, 0.5) is 4.79 Å². The Morgan fingerprint density at radius 3 is 2.52 bits per heavy atom. The standard InChI is InChI=1S/C24H45BN4O4/c1-7-8-9-10-27-22(31)28-14-17(26)21(30)29-20(11-15(2)3)25-32-19-13-16-12-18(23(16,4)5)24(19,6)33-25/h15-20H,7-14,26H2,1-6H3,(H,29,30)(H2,27,28,31)/t16-,17+,18-,19-,20+,24+/m1/s1. The molecule has 0 unspecified atom stereocenters. The average Bonchev–Trinajstić information content (AvgIpc) is 3.11. The predicted molar refractivity (Wildman–Crippen MR) is 130 cm³/mol. The quantitative estimate of drug-likeness (QED) is 0.277. The van der Waals surface area contributed by atoms with Gasteiger partial charge in [-0.05, 0) is 55.8 Å². The molecule has 4 aliphatic rings. The molecule has 1 aliphatic heterocycles. The predicted octanol–water partition coefficient (Wildman–Crippen LogP) is 2.60. The summed E-state index contributed by atoms with van der Waals surface area (Å²) in [6.45, 7) is 13.9.